The molecule has 0 aromatic carbocycles. The molecule has 0 aromatic heterocycles. The molecule has 1 saturated heterocycles. The van der Waals surface area contributed by atoms with Gasteiger partial charge in [-0.05, 0) is 65.6 Å². The number of hydrogen-bond acceptors (Lipinski definition) is 4. The van der Waals surface area contributed by atoms with E-state index >= 15 is 0 Å². The van der Waals surface area contributed by atoms with Crippen LogP contribution in [-0.4, -0.2) is 69.5 Å². The molecule has 6 nitrogen and oxygen atoms in total. The van der Waals surface area contributed by atoms with Gasteiger partial charge in [0.15, 0.2) is 15.8 Å². The lowest BCUT2D eigenvalue weighted by atomic mass is 9.99. The van der Waals surface area contributed by atoms with E-state index < -0.39 is 14.6 Å². The molecule has 0 amide bonds. The first kappa shape index (κ1) is 24.9. The summed E-state index contributed by atoms with van der Waals surface area (Å²) >= 11 is 0. The molecule has 0 saturated carbocycles. The number of aliphatic imine (C=N–C) groups is 1. The van der Waals surface area contributed by atoms with Crippen LogP contribution >= 0.6 is 24.0 Å². The number of likely N-dealkylation sites (tertiary alicyclic amines) is 1. The molecule has 0 aromatic rings. The highest BCUT2D eigenvalue weighted by Crippen LogP contribution is 2.16. The summed E-state index contributed by atoms with van der Waals surface area (Å²) in [4.78, 5) is 6.97. The highest BCUT2D eigenvalue weighted by Gasteiger charge is 2.29. The van der Waals surface area contributed by atoms with Crippen LogP contribution in [0.4, 0.5) is 0 Å². The van der Waals surface area contributed by atoms with Crippen LogP contribution in [0.3, 0.4) is 0 Å². The van der Waals surface area contributed by atoms with Gasteiger partial charge in [0.2, 0.25) is 0 Å². The Bertz CT molecular complexity index is 501. The molecule has 0 unspecified atom stereocenters. The smallest absolute Gasteiger partial charge is 0.191 e. The van der Waals surface area contributed by atoms with E-state index in [1.165, 1.54) is 32.2 Å². The Hall–Kier alpha value is -0.0900. The van der Waals surface area contributed by atoms with Gasteiger partial charge in [-0.1, -0.05) is 6.92 Å². The molecule has 0 aliphatic carbocycles. The predicted molar refractivity (Wildman–Crippen MR) is 118 cm³/mol. The molecule has 150 valence electrons. The summed E-state index contributed by atoms with van der Waals surface area (Å²) in [6.07, 6.45) is 4.94. The lowest BCUT2D eigenvalue weighted by Gasteiger charge is -2.30. The van der Waals surface area contributed by atoms with Crippen LogP contribution < -0.4 is 10.6 Å². The second-order valence-corrected chi connectivity index (χ2v) is 10.2. The third kappa shape index (κ3) is 9.42. The van der Waals surface area contributed by atoms with Crippen LogP contribution in [0, 0.1) is 5.92 Å². The molecule has 0 bridgehead atoms. The summed E-state index contributed by atoms with van der Waals surface area (Å²) in [6.45, 7) is 13.1. The zero-order chi connectivity index (χ0) is 18.2. The van der Waals surface area contributed by atoms with Gasteiger partial charge in [0, 0.05) is 19.3 Å². The van der Waals surface area contributed by atoms with Crippen molar-refractivity contribution in [2.24, 2.45) is 10.9 Å². The van der Waals surface area contributed by atoms with E-state index in [1.54, 1.807) is 13.8 Å². The lowest BCUT2D eigenvalue weighted by Crippen LogP contribution is -2.41. The number of sulfone groups is 1. The molecule has 2 N–H and O–H groups in total. The van der Waals surface area contributed by atoms with Gasteiger partial charge < -0.3 is 15.5 Å². The zero-order valence-electron chi connectivity index (χ0n) is 16.5. The molecule has 0 spiro atoms. The molecule has 1 aliphatic heterocycles. The minimum atomic E-state index is -3.13. The van der Waals surface area contributed by atoms with E-state index in [9.17, 15) is 8.42 Å². The van der Waals surface area contributed by atoms with Gasteiger partial charge in [-0.2, -0.15) is 0 Å². The topological polar surface area (TPSA) is 73.8 Å². The van der Waals surface area contributed by atoms with E-state index in [0.29, 0.717) is 5.96 Å². The van der Waals surface area contributed by atoms with Gasteiger partial charge in [-0.25, -0.2) is 8.42 Å². The van der Waals surface area contributed by atoms with Gasteiger partial charge in [0.1, 0.15) is 0 Å². The molecule has 1 aliphatic rings. The fourth-order valence-electron chi connectivity index (χ4n) is 2.52. The SMILES string of the molecule is CCNC(=NCC(C)(C)S(C)(=O)=O)NCCCN1CCC(C)CC1.I. The van der Waals surface area contributed by atoms with E-state index in [-0.39, 0.29) is 30.5 Å². The van der Waals surface area contributed by atoms with Crippen molar-refractivity contribution in [3.63, 3.8) is 0 Å². The Morgan fingerprint density at radius 2 is 1.84 bits per heavy atom. The molecular formula is C17H37IN4O2S. The Morgan fingerprint density at radius 3 is 2.36 bits per heavy atom. The first-order chi connectivity index (χ1) is 11.2. The van der Waals surface area contributed by atoms with Crippen molar-refractivity contribution in [2.75, 3.05) is 45.5 Å². The van der Waals surface area contributed by atoms with Gasteiger partial charge in [-0.15, -0.1) is 24.0 Å². The minimum absolute atomic E-state index is 0. The van der Waals surface area contributed by atoms with Crippen molar-refractivity contribution in [3.8, 4) is 0 Å². The molecular weight excluding hydrogens is 451 g/mol. The number of nitrogens with one attached hydrogen (secondary N) is 2. The van der Waals surface area contributed by atoms with Crippen LogP contribution in [0.15, 0.2) is 4.99 Å². The van der Waals surface area contributed by atoms with Crippen molar-refractivity contribution in [3.05, 3.63) is 0 Å². The molecule has 1 heterocycles. The average molecular weight is 488 g/mol. The largest absolute Gasteiger partial charge is 0.357 e. The summed E-state index contributed by atoms with van der Waals surface area (Å²) in [5, 5.41) is 6.49. The summed E-state index contributed by atoms with van der Waals surface area (Å²) in [6, 6.07) is 0. The molecule has 8 heteroatoms. The monoisotopic (exact) mass is 488 g/mol. The summed E-state index contributed by atoms with van der Waals surface area (Å²) in [5.74, 6) is 1.56. The van der Waals surface area contributed by atoms with Crippen LogP contribution in [0.5, 0.6) is 0 Å². The number of rotatable bonds is 8. The maximum absolute atomic E-state index is 11.8. The van der Waals surface area contributed by atoms with Crippen molar-refractivity contribution >= 4 is 39.8 Å². The fourth-order valence-corrected chi connectivity index (χ4v) is 2.82. The van der Waals surface area contributed by atoms with Gasteiger partial charge in [-0.3, -0.25) is 4.99 Å². The van der Waals surface area contributed by atoms with E-state index in [0.717, 1.165) is 32.0 Å². The molecule has 1 rings (SSSR count). The fraction of sp³-hybridized carbons (Fsp3) is 0.941. The summed E-state index contributed by atoms with van der Waals surface area (Å²) in [7, 11) is -3.13. The van der Waals surface area contributed by atoms with Crippen molar-refractivity contribution in [2.45, 2.75) is 51.7 Å². The number of hydrogen-bond donors (Lipinski definition) is 2. The first-order valence-corrected chi connectivity index (χ1v) is 11.0. The molecule has 0 radical (unpaired) electrons. The second kappa shape index (κ2) is 11.6. The van der Waals surface area contributed by atoms with Crippen LogP contribution in [0.25, 0.3) is 0 Å². The Labute approximate surface area is 171 Å². The zero-order valence-corrected chi connectivity index (χ0v) is 19.6. The van der Waals surface area contributed by atoms with Gasteiger partial charge >= 0.3 is 0 Å². The van der Waals surface area contributed by atoms with Gasteiger partial charge in [0.25, 0.3) is 0 Å². The first-order valence-electron chi connectivity index (χ1n) is 9.10. The molecule has 25 heavy (non-hydrogen) atoms. The number of halogens is 1. The van der Waals surface area contributed by atoms with E-state index in [1.807, 2.05) is 6.92 Å². The van der Waals surface area contributed by atoms with E-state index in [4.69, 9.17) is 0 Å². The maximum Gasteiger partial charge on any atom is 0.191 e. The van der Waals surface area contributed by atoms with Crippen molar-refractivity contribution in [1.82, 2.24) is 15.5 Å². The highest BCUT2D eigenvalue weighted by atomic mass is 127. The Balaban J connectivity index is 0.00000576. The summed E-state index contributed by atoms with van der Waals surface area (Å²) in [5.41, 5.74) is 0. The lowest BCUT2D eigenvalue weighted by molar-refractivity contribution is 0.191. The number of guanidine groups is 1. The second-order valence-electron chi connectivity index (χ2n) is 7.53. The predicted octanol–water partition coefficient (Wildman–Crippen LogP) is 2.10. The van der Waals surface area contributed by atoms with Crippen LogP contribution in [0.1, 0.15) is 47.0 Å². The number of piperidine rings is 1. The maximum atomic E-state index is 11.8. The number of nitrogens with zero attached hydrogens (tertiary/aromatic N) is 2. The summed E-state index contributed by atoms with van der Waals surface area (Å²) < 4.78 is 22.7. The third-order valence-corrected chi connectivity index (χ3v) is 6.92. The van der Waals surface area contributed by atoms with Crippen molar-refractivity contribution in [1.29, 1.82) is 0 Å². The minimum Gasteiger partial charge on any atom is -0.357 e. The molecule has 1 fully saturated rings. The quantitative estimate of drug-likeness (QED) is 0.237. The van der Waals surface area contributed by atoms with Crippen molar-refractivity contribution < 1.29 is 8.42 Å². The third-order valence-electron chi connectivity index (χ3n) is 4.79. The molecule has 0 atom stereocenters. The standard InChI is InChI=1S/C17H36N4O2S.HI/c1-6-18-16(20-14-17(3,4)24(5,22)23)19-10-7-11-21-12-8-15(2)9-13-21;/h15H,6-14H2,1-5H3,(H2,18,19,20);1H. The van der Waals surface area contributed by atoms with Crippen LogP contribution in [0.2, 0.25) is 0 Å². The van der Waals surface area contributed by atoms with Gasteiger partial charge in [0.05, 0.1) is 11.3 Å². The highest BCUT2D eigenvalue weighted by molar-refractivity contribution is 14.0. The Kier molecular flexibility index (Phi) is 11.5. The van der Waals surface area contributed by atoms with E-state index in [2.05, 4.69) is 27.4 Å². The average Bonchev–Trinajstić information content (AvgIpc) is 2.49. The Morgan fingerprint density at radius 1 is 1.24 bits per heavy atom. The van der Waals surface area contributed by atoms with Crippen LogP contribution in [-0.2, 0) is 9.84 Å². The normalized spacial score (nSPS) is 17.9.